The monoisotopic (exact) mass is 426 g/mol. The first kappa shape index (κ1) is 20.6. The van der Waals surface area contributed by atoms with Crippen LogP contribution in [-0.2, 0) is 10.3 Å². The van der Waals surface area contributed by atoms with Gasteiger partial charge in [0.05, 0.1) is 16.1 Å². The van der Waals surface area contributed by atoms with Crippen LogP contribution in [0.1, 0.15) is 56.1 Å². The average molecular weight is 427 g/mol. The van der Waals surface area contributed by atoms with E-state index in [4.69, 9.17) is 11.6 Å². The molecule has 1 heterocycles. The van der Waals surface area contributed by atoms with Crippen LogP contribution in [0.5, 0.6) is 5.75 Å². The quantitative estimate of drug-likeness (QED) is 0.553. The van der Waals surface area contributed by atoms with Crippen molar-refractivity contribution in [2.24, 2.45) is 0 Å². The highest BCUT2D eigenvalue weighted by atomic mass is 35.5. The van der Waals surface area contributed by atoms with Gasteiger partial charge in [0, 0.05) is 18.0 Å². The fourth-order valence-corrected chi connectivity index (χ4v) is 4.69. The van der Waals surface area contributed by atoms with Crippen molar-refractivity contribution in [3.05, 3.63) is 70.6 Å². The third-order valence-corrected chi connectivity index (χ3v) is 6.53. The Morgan fingerprint density at radius 2 is 2.00 bits per heavy atom. The van der Waals surface area contributed by atoms with Crippen LogP contribution in [0.3, 0.4) is 0 Å². The highest BCUT2D eigenvalue weighted by molar-refractivity contribution is 6.32. The lowest BCUT2D eigenvalue weighted by Gasteiger charge is -2.42. The van der Waals surface area contributed by atoms with Crippen LogP contribution in [0.2, 0.25) is 5.02 Å². The zero-order valence-electron chi connectivity index (χ0n) is 16.8. The van der Waals surface area contributed by atoms with E-state index in [-0.39, 0.29) is 28.4 Å². The van der Waals surface area contributed by atoms with E-state index in [0.717, 1.165) is 34.9 Å². The molecule has 4 nitrogen and oxygen atoms in total. The predicted molar refractivity (Wildman–Crippen MR) is 116 cm³/mol. The summed E-state index contributed by atoms with van der Waals surface area (Å²) >= 11 is 6.00. The van der Waals surface area contributed by atoms with Crippen LogP contribution in [0, 0.1) is 5.82 Å². The highest BCUT2D eigenvalue weighted by Gasteiger charge is 2.39. The Morgan fingerprint density at radius 1 is 1.23 bits per heavy atom. The molecule has 1 aliphatic rings. The number of rotatable bonds is 4. The molecule has 0 aliphatic heterocycles. The van der Waals surface area contributed by atoms with Crippen molar-refractivity contribution in [1.29, 1.82) is 0 Å². The number of halogens is 2. The molecule has 1 amide bonds. The molecule has 3 aromatic rings. The first-order valence-electron chi connectivity index (χ1n) is 10.3. The van der Waals surface area contributed by atoms with Crippen molar-refractivity contribution >= 4 is 28.4 Å². The number of hydrogen-bond acceptors (Lipinski definition) is 3. The minimum absolute atomic E-state index is 0.0111. The number of benzene rings is 2. The van der Waals surface area contributed by atoms with Gasteiger partial charge in [0.1, 0.15) is 11.6 Å². The Morgan fingerprint density at radius 3 is 2.70 bits per heavy atom. The smallest absolute Gasteiger partial charge is 0.220 e. The summed E-state index contributed by atoms with van der Waals surface area (Å²) in [6, 6.07) is 11.8. The van der Waals surface area contributed by atoms with Crippen LogP contribution in [0.4, 0.5) is 4.39 Å². The summed E-state index contributed by atoms with van der Waals surface area (Å²) in [7, 11) is 0. The fraction of sp³-hybridized carbons (Fsp3) is 0.333. The molecular weight excluding hydrogens is 403 g/mol. The third kappa shape index (κ3) is 3.86. The number of nitrogens with zero attached hydrogens (tertiary/aromatic N) is 1. The van der Waals surface area contributed by atoms with Crippen LogP contribution in [0.15, 0.2) is 48.7 Å². The van der Waals surface area contributed by atoms with E-state index in [2.05, 4.69) is 10.3 Å². The Bertz CT molecular complexity index is 1090. The normalized spacial score (nSPS) is 21.5. The lowest BCUT2D eigenvalue weighted by molar-refractivity contribution is -0.123. The van der Waals surface area contributed by atoms with Gasteiger partial charge in [-0.05, 0) is 79.1 Å². The summed E-state index contributed by atoms with van der Waals surface area (Å²) < 4.78 is 13.9. The Hall–Kier alpha value is -2.66. The fourth-order valence-electron chi connectivity index (χ4n) is 4.57. The van der Waals surface area contributed by atoms with Crippen molar-refractivity contribution in [2.75, 3.05) is 0 Å². The maximum atomic E-state index is 13.9. The van der Waals surface area contributed by atoms with Gasteiger partial charge in [-0.25, -0.2) is 4.39 Å². The van der Waals surface area contributed by atoms with E-state index >= 15 is 0 Å². The maximum absolute atomic E-state index is 13.9. The second-order valence-electron chi connectivity index (χ2n) is 7.99. The molecule has 156 valence electrons. The number of phenolic OH excluding ortho intramolecular Hbond substituents is 1. The van der Waals surface area contributed by atoms with Crippen LogP contribution in [0.25, 0.3) is 10.9 Å². The van der Waals surface area contributed by atoms with Crippen molar-refractivity contribution in [2.45, 2.75) is 50.5 Å². The average Bonchev–Trinajstić information content (AvgIpc) is 2.75. The van der Waals surface area contributed by atoms with Gasteiger partial charge in [0.25, 0.3) is 0 Å². The number of aromatic nitrogens is 1. The number of nitrogens with one attached hydrogen (secondary N) is 1. The van der Waals surface area contributed by atoms with Gasteiger partial charge in [0.15, 0.2) is 0 Å². The molecule has 0 unspecified atom stereocenters. The van der Waals surface area contributed by atoms with E-state index in [0.29, 0.717) is 19.3 Å². The van der Waals surface area contributed by atoms with E-state index in [9.17, 15) is 14.3 Å². The highest BCUT2D eigenvalue weighted by Crippen LogP contribution is 2.45. The summed E-state index contributed by atoms with van der Waals surface area (Å²) in [5.41, 5.74) is 2.18. The SMILES string of the molecule is CCC(=O)NC1(c2ccc(Cl)c(O)c2)CCC(c2ccnc3ccc(F)cc23)CC1. The molecule has 1 saturated carbocycles. The van der Waals surface area contributed by atoms with Crippen LogP contribution in [-0.4, -0.2) is 16.0 Å². The van der Waals surface area contributed by atoms with Crippen molar-refractivity contribution in [3.8, 4) is 5.75 Å². The minimum Gasteiger partial charge on any atom is -0.506 e. The summed E-state index contributed by atoms with van der Waals surface area (Å²) in [6.07, 6.45) is 5.23. The van der Waals surface area contributed by atoms with E-state index in [1.54, 1.807) is 30.5 Å². The molecule has 0 saturated heterocycles. The predicted octanol–water partition coefficient (Wildman–Crippen LogP) is 5.81. The topological polar surface area (TPSA) is 62.2 Å². The Balaban J connectivity index is 1.66. The molecule has 1 aliphatic carbocycles. The molecule has 2 aromatic carbocycles. The second kappa shape index (κ2) is 8.23. The van der Waals surface area contributed by atoms with E-state index in [1.807, 2.05) is 19.1 Å². The minimum atomic E-state index is -0.556. The lowest BCUT2D eigenvalue weighted by atomic mass is 9.70. The number of phenols is 1. The maximum Gasteiger partial charge on any atom is 0.220 e. The van der Waals surface area contributed by atoms with Crippen molar-refractivity contribution < 1.29 is 14.3 Å². The summed E-state index contributed by atoms with van der Waals surface area (Å²) in [4.78, 5) is 16.7. The zero-order chi connectivity index (χ0) is 21.3. The molecule has 0 spiro atoms. The van der Waals surface area contributed by atoms with Crippen molar-refractivity contribution in [3.63, 3.8) is 0 Å². The van der Waals surface area contributed by atoms with Gasteiger partial charge in [-0.2, -0.15) is 0 Å². The number of aromatic hydroxyl groups is 1. The van der Waals surface area contributed by atoms with Gasteiger partial charge >= 0.3 is 0 Å². The molecule has 0 atom stereocenters. The van der Waals surface area contributed by atoms with Gasteiger partial charge in [-0.15, -0.1) is 0 Å². The Labute approximate surface area is 180 Å². The lowest BCUT2D eigenvalue weighted by Crippen LogP contribution is -2.47. The van der Waals surface area contributed by atoms with Gasteiger partial charge < -0.3 is 10.4 Å². The molecule has 6 heteroatoms. The number of pyridine rings is 1. The first-order valence-corrected chi connectivity index (χ1v) is 10.6. The molecular formula is C24H24ClFN2O2. The molecule has 1 fully saturated rings. The third-order valence-electron chi connectivity index (χ3n) is 6.21. The van der Waals surface area contributed by atoms with Gasteiger partial charge in [-0.3, -0.25) is 9.78 Å². The zero-order valence-corrected chi connectivity index (χ0v) is 17.5. The van der Waals surface area contributed by atoms with Gasteiger partial charge in [0.2, 0.25) is 5.91 Å². The summed E-state index contributed by atoms with van der Waals surface area (Å²) in [5.74, 6) is -0.0463. The number of amides is 1. The largest absolute Gasteiger partial charge is 0.506 e. The number of carbonyl (C=O) groups is 1. The van der Waals surface area contributed by atoms with E-state index in [1.165, 1.54) is 6.07 Å². The molecule has 2 N–H and O–H groups in total. The van der Waals surface area contributed by atoms with Gasteiger partial charge in [-0.1, -0.05) is 24.6 Å². The number of fused-ring (bicyclic) bond motifs is 1. The van der Waals surface area contributed by atoms with Crippen LogP contribution >= 0.6 is 11.6 Å². The first-order chi connectivity index (χ1) is 14.4. The molecule has 1 aromatic heterocycles. The summed E-state index contributed by atoms with van der Waals surface area (Å²) in [5, 5.41) is 14.5. The number of hydrogen-bond donors (Lipinski definition) is 2. The second-order valence-corrected chi connectivity index (χ2v) is 8.39. The molecule has 4 rings (SSSR count). The van der Waals surface area contributed by atoms with E-state index < -0.39 is 5.54 Å². The Kier molecular flexibility index (Phi) is 5.65. The summed E-state index contributed by atoms with van der Waals surface area (Å²) in [6.45, 7) is 1.83. The molecule has 0 bridgehead atoms. The molecule has 30 heavy (non-hydrogen) atoms. The molecule has 0 radical (unpaired) electrons. The van der Waals surface area contributed by atoms with Crippen LogP contribution < -0.4 is 5.32 Å². The van der Waals surface area contributed by atoms with Crippen molar-refractivity contribution in [1.82, 2.24) is 10.3 Å². The standard InChI is InChI=1S/C24H24ClFN2O2/c1-2-23(30)28-24(16-3-5-20(25)22(29)13-16)10-7-15(8-11-24)18-9-12-27-21-6-4-17(26)14-19(18)21/h3-6,9,12-15,29H,2,7-8,10-11H2,1H3,(H,28,30). The number of carbonyl (C=O) groups excluding carboxylic acids is 1.